The molecule has 0 radical (unpaired) electrons. The van der Waals surface area contributed by atoms with E-state index in [2.05, 4.69) is 35.1 Å². The summed E-state index contributed by atoms with van der Waals surface area (Å²) in [5, 5.41) is 8.93. The fraction of sp³-hybridized carbons (Fsp3) is 1.00. The Hall–Kier alpha value is -0.120. The van der Waals surface area contributed by atoms with Crippen molar-refractivity contribution in [2.24, 2.45) is 0 Å². The maximum atomic E-state index is 8.93. The molecule has 0 unspecified atom stereocenters. The van der Waals surface area contributed by atoms with E-state index in [-0.39, 0.29) is 0 Å². The van der Waals surface area contributed by atoms with Gasteiger partial charge in [0.25, 0.3) is 0 Å². The molecule has 0 atom stereocenters. The Labute approximate surface area is 185 Å². The van der Waals surface area contributed by atoms with Gasteiger partial charge in [0.15, 0.2) is 0 Å². The van der Waals surface area contributed by atoms with Gasteiger partial charge in [0.2, 0.25) is 0 Å². The van der Waals surface area contributed by atoms with Gasteiger partial charge < -0.3 is 14.1 Å². The van der Waals surface area contributed by atoms with Crippen LogP contribution in [-0.4, -0.2) is 75.0 Å². The molecule has 0 saturated carbocycles. The molecule has 1 N–H and O–H groups in total. The highest BCUT2D eigenvalue weighted by molar-refractivity contribution is 4.49. The first-order valence-corrected chi connectivity index (χ1v) is 13.1. The number of unbranched alkanes of at least 4 members (excludes halogenated alkanes) is 13. The Morgan fingerprint density at radius 3 is 1.00 bits per heavy atom. The summed E-state index contributed by atoms with van der Waals surface area (Å²) in [6.45, 7) is 7.81. The largest absolute Gasteiger partial charge is 0.396 e. The predicted molar refractivity (Wildman–Crippen MR) is 130 cm³/mol. The summed E-state index contributed by atoms with van der Waals surface area (Å²) in [4.78, 5) is 0. The van der Waals surface area contributed by atoms with Crippen LogP contribution in [0.15, 0.2) is 0 Å². The standard InChI is InChI=1S/C26H58N2O/c1-6-7-8-9-10-11-12-13-14-17-22-27(2,3)23-18-15-16-19-24-28(4,5)25-20-21-26-29/h29H,6-26H2,1-5H3/q+2. The van der Waals surface area contributed by atoms with Crippen molar-refractivity contribution in [3.05, 3.63) is 0 Å². The van der Waals surface area contributed by atoms with Crippen LogP contribution in [0, 0.1) is 0 Å². The van der Waals surface area contributed by atoms with Crippen LogP contribution in [-0.2, 0) is 0 Å². The number of rotatable bonds is 22. The van der Waals surface area contributed by atoms with Gasteiger partial charge in [-0.2, -0.15) is 0 Å². The van der Waals surface area contributed by atoms with Gasteiger partial charge >= 0.3 is 0 Å². The van der Waals surface area contributed by atoms with Crippen molar-refractivity contribution in [1.82, 2.24) is 0 Å². The Morgan fingerprint density at radius 1 is 0.414 bits per heavy atom. The fourth-order valence-electron chi connectivity index (χ4n) is 4.34. The second kappa shape index (κ2) is 18.6. The Morgan fingerprint density at radius 2 is 0.690 bits per heavy atom. The van der Waals surface area contributed by atoms with Crippen LogP contribution in [0.3, 0.4) is 0 Å². The van der Waals surface area contributed by atoms with E-state index < -0.39 is 0 Å². The lowest BCUT2D eigenvalue weighted by molar-refractivity contribution is -0.891. The average Bonchev–Trinajstić information content (AvgIpc) is 2.66. The number of hydrogen-bond donors (Lipinski definition) is 1. The molecule has 0 aromatic carbocycles. The molecule has 0 heterocycles. The van der Waals surface area contributed by atoms with Crippen molar-refractivity contribution in [2.75, 3.05) is 61.0 Å². The van der Waals surface area contributed by atoms with Gasteiger partial charge in [-0.3, -0.25) is 0 Å². The highest BCUT2D eigenvalue weighted by atomic mass is 16.2. The second-order valence-electron chi connectivity index (χ2n) is 10.8. The molecule has 0 amide bonds. The van der Waals surface area contributed by atoms with Crippen LogP contribution >= 0.6 is 0 Å². The third-order valence-electron chi connectivity index (χ3n) is 6.57. The lowest BCUT2D eigenvalue weighted by atomic mass is 10.1. The summed E-state index contributed by atoms with van der Waals surface area (Å²) in [6, 6.07) is 0. The molecule has 0 aliphatic rings. The number of aliphatic hydroxyl groups excluding tert-OH is 1. The van der Waals surface area contributed by atoms with Crippen molar-refractivity contribution in [3.63, 3.8) is 0 Å². The molecule has 0 saturated heterocycles. The molecule has 3 heteroatoms. The van der Waals surface area contributed by atoms with E-state index in [4.69, 9.17) is 5.11 Å². The zero-order valence-electron chi connectivity index (χ0n) is 21.2. The lowest BCUT2D eigenvalue weighted by Gasteiger charge is -2.31. The van der Waals surface area contributed by atoms with Crippen molar-refractivity contribution in [3.8, 4) is 0 Å². The van der Waals surface area contributed by atoms with Gasteiger partial charge in [-0.25, -0.2) is 0 Å². The van der Waals surface area contributed by atoms with E-state index in [9.17, 15) is 0 Å². The molecule has 3 nitrogen and oxygen atoms in total. The minimum Gasteiger partial charge on any atom is -0.396 e. The summed E-state index contributed by atoms with van der Waals surface area (Å²) in [6.07, 6.45) is 21.9. The van der Waals surface area contributed by atoms with Crippen LogP contribution in [0.1, 0.15) is 110 Å². The van der Waals surface area contributed by atoms with E-state index in [1.807, 2.05) is 0 Å². The third-order valence-corrected chi connectivity index (χ3v) is 6.57. The van der Waals surface area contributed by atoms with Crippen molar-refractivity contribution in [1.29, 1.82) is 0 Å². The summed E-state index contributed by atoms with van der Waals surface area (Å²) in [7, 11) is 9.53. The average molecular weight is 415 g/mol. The first-order chi connectivity index (χ1) is 13.8. The fourth-order valence-corrected chi connectivity index (χ4v) is 4.34. The minimum absolute atomic E-state index is 0.340. The van der Waals surface area contributed by atoms with Gasteiger partial charge in [0, 0.05) is 6.61 Å². The quantitative estimate of drug-likeness (QED) is 0.161. The molecule has 0 fully saturated rings. The van der Waals surface area contributed by atoms with E-state index in [0.717, 1.165) is 17.3 Å². The second-order valence-corrected chi connectivity index (χ2v) is 10.8. The van der Waals surface area contributed by atoms with Gasteiger partial charge in [-0.05, 0) is 51.4 Å². The number of aliphatic hydroxyl groups is 1. The maximum absolute atomic E-state index is 8.93. The van der Waals surface area contributed by atoms with E-state index in [1.165, 1.54) is 121 Å². The van der Waals surface area contributed by atoms with Crippen LogP contribution in [0.2, 0.25) is 0 Å². The molecule has 0 aromatic rings. The number of hydrogen-bond acceptors (Lipinski definition) is 1. The highest BCUT2D eigenvalue weighted by Gasteiger charge is 2.15. The Balaban J connectivity index is 3.52. The third kappa shape index (κ3) is 20.9. The lowest BCUT2D eigenvalue weighted by Crippen LogP contribution is -2.41. The predicted octanol–water partition coefficient (Wildman–Crippen LogP) is 6.39. The van der Waals surface area contributed by atoms with E-state index >= 15 is 0 Å². The topological polar surface area (TPSA) is 20.2 Å². The monoisotopic (exact) mass is 414 g/mol. The summed E-state index contributed by atoms with van der Waals surface area (Å²) >= 11 is 0. The summed E-state index contributed by atoms with van der Waals surface area (Å²) in [5.74, 6) is 0. The molecule has 0 spiro atoms. The first-order valence-electron chi connectivity index (χ1n) is 13.1. The number of nitrogens with zero attached hydrogens (tertiary/aromatic N) is 2. The molecule has 0 rings (SSSR count). The van der Waals surface area contributed by atoms with Crippen LogP contribution in [0.5, 0.6) is 0 Å². The summed E-state index contributed by atoms with van der Waals surface area (Å²) < 4.78 is 2.32. The Kier molecular flexibility index (Phi) is 18.6. The van der Waals surface area contributed by atoms with Crippen LogP contribution < -0.4 is 0 Å². The maximum Gasteiger partial charge on any atom is 0.0783 e. The van der Waals surface area contributed by atoms with E-state index in [0.29, 0.717) is 6.61 Å². The summed E-state index contributed by atoms with van der Waals surface area (Å²) in [5.41, 5.74) is 0. The SMILES string of the molecule is CCCCCCCCCCCC[N+](C)(C)CCCCCC[N+](C)(C)CCCCO. The first kappa shape index (κ1) is 28.9. The number of quaternary nitrogens is 2. The molecular formula is C26H58N2O+2. The van der Waals surface area contributed by atoms with Crippen LogP contribution in [0.4, 0.5) is 0 Å². The molecule has 0 bridgehead atoms. The van der Waals surface area contributed by atoms with Gasteiger partial charge in [-0.15, -0.1) is 0 Å². The van der Waals surface area contributed by atoms with Crippen molar-refractivity contribution >= 4 is 0 Å². The van der Waals surface area contributed by atoms with Crippen LogP contribution in [0.25, 0.3) is 0 Å². The highest BCUT2D eigenvalue weighted by Crippen LogP contribution is 2.13. The molecular weight excluding hydrogens is 356 g/mol. The Bertz CT molecular complexity index is 342. The molecule has 0 aliphatic heterocycles. The molecule has 0 aromatic heterocycles. The van der Waals surface area contributed by atoms with Gasteiger partial charge in [-0.1, -0.05) is 58.3 Å². The molecule has 29 heavy (non-hydrogen) atoms. The van der Waals surface area contributed by atoms with Gasteiger partial charge in [0.05, 0.1) is 54.4 Å². The van der Waals surface area contributed by atoms with Crippen molar-refractivity contribution in [2.45, 2.75) is 110 Å². The zero-order valence-corrected chi connectivity index (χ0v) is 21.2. The normalized spacial score (nSPS) is 12.6. The minimum atomic E-state index is 0.340. The van der Waals surface area contributed by atoms with E-state index in [1.54, 1.807) is 0 Å². The smallest absolute Gasteiger partial charge is 0.0783 e. The molecule has 0 aliphatic carbocycles. The zero-order chi connectivity index (χ0) is 21.8. The van der Waals surface area contributed by atoms with Gasteiger partial charge in [0.1, 0.15) is 0 Å². The molecule has 176 valence electrons. The van der Waals surface area contributed by atoms with Crippen molar-refractivity contribution < 1.29 is 14.1 Å².